The van der Waals surface area contributed by atoms with Crippen LogP contribution in [0, 0.1) is 0 Å². The smallest absolute Gasteiger partial charge is 0.347 e. The van der Waals surface area contributed by atoms with E-state index in [2.05, 4.69) is 16.8 Å². The monoisotopic (exact) mass is 495 g/mol. The van der Waals surface area contributed by atoms with Crippen LogP contribution in [0.5, 0.6) is 0 Å². The molecule has 5 aromatic rings. The maximum atomic E-state index is 13.7. The molecule has 7 rings (SSSR count). The summed E-state index contributed by atoms with van der Waals surface area (Å²) < 4.78 is 9.60. The first-order valence-electron chi connectivity index (χ1n) is 12.5. The third-order valence-electron chi connectivity index (χ3n) is 7.93. The fraction of sp³-hybridized carbons (Fsp3) is 0.250. The number of aromatic nitrogens is 2. The van der Waals surface area contributed by atoms with E-state index in [4.69, 9.17) is 16.2 Å². The topological polar surface area (TPSA) is 134 Å². The van der Waals surface area contributed by atoms with Crippen LogP contribution in [-0.2, 0) is 15.2 Å². The molecule has 2 atom stereocenters. The van der Waals surface area contributed by atoms with Crippen molar-refractivity contribution in [3.05, 3.63) is 59.7 Å². The van der Waals surface area contributed by atoms with Crippen molar-refractivity contribution >= 4 is 61.4 Å². The molecule has 1 unspecified atom stereocenters. The van der Waals surface area contributed by atoms with Crippen molar-refractivity contribution in [3.8, 4) is 0 Å². The van der Waals surface area contributed by atoms with Crippen molar-refractivity contribution in [3.63, 3.8) is 0 Å². The van der Waals surface area contributed by atoms with Gasteiger partial charge in [0.2, 0.25) is 0 Å². The number of carbonyl (C=O) groups is 3. The Hall–Kier alpha value is -4.21. The van der Waals surface area contributed by atoms with Gasteiger partial charge in [-0.2, -0.15) is 0 Å². The third kappa shape index (κ3) is 2.57. The molecule has 2 aliphatic rings. The van der Waals surface area contributed by atoms with E-state index >= 15 is 0 Å². The summed E-state index contributed by atoms with van der Waals surface area (Å²) in [7, 11) is 0. The number of rotatable bonds is 4. The number of hydrogen-bond donors (Lipinski definition) is 3. The van der Waals surface area contributed by atoms with E-state index in [1.54, 1.807) is 0 Å². The fourth-order valence-electron chi connectivity index (χ4n) is 6.51. The Morgan fingerprint density at radius 2 is 1.59 bits per heavy atom. The standard InChI is InChI=1S/C28H25N5O4/c1-2-14-13-28(30,27(36)37-12-11-29)33-18-10-6-4-8-16(18)20-22-21(25(34)31-26(22)35)19-15-7-3-5-9-17(15)32(14)23(19)24(20)33/h3-10,14H,2,11-13,29-30H2,1H3,(H,31,34,35)/t14-,28?/m0/s1. The van der Waals surface area contributed by atoms with Gasteiger partial charge in [-0.15, -0.1) is 0 Å². The second-order valence-electron chi connectivity index (χ2n) is 9.84. The number of nitrogens with one attached hydrogen (secondary N) is 1. The first-order valence-corrected chi connectivity index (χ1v) is 12.5. The van der Waals surface area contributed by atoms with Gasteiger partial charge in [-0.05, 0) is 18.6 Å². The van der Waals surface area contributed by atoms with Crippen molar-refractivity contribution in [1.82, 2.24) is 14.5 Å². The average molecular weight is 496 g/mol. The molecule has 37 heavy (non-hydrogen) atoms. The van der Waals surface area contributed by atoms with Crippen LogP contribution < -0.4 is 16.8 Å². The molecule has 2 aliphatic heterocycles. The molecule has 2 aromatic heterocycles. The molecule has 0 bridgehead atoms. The van der Waals surface area contributed by atoms with Gasteiger partial charge < -0.3 is 19.6 Å². The van der Waals surface area contributed by atoms with Crippen molar-refractivity contribution in [2.24, 2.45) is 11.5 Å². The number of para-hydroxylation sites is 2. The Kier molecular flexibility index (Phi) is 4.41. The molecular formula is C28H25N5O4. The first-order chi connectivity index (χ1) is 17.9. The van der Waals surface area contributed by atoms with Crippen molar-refractivity contribution in [2.45, 2.75) is 31.5 Å². The Labute approximate surface area is 210 Å². The lowest BCUT2D eigenvalue weighted by atomic mass is 9.96. The highest BCUT2D eigenvalue weighted by Gasteiger charge is 2.47. The van der Waals surface area contributed by atoms with Gasteiger partial charge in [-0.3, -0.25) is 20.6 Å². The molecule has 9 heteroatoms. The number of fused-ring (bicyclic) bond motifs is 9. The highest BCUT2D eigenvalue weighted by Crippen LogP contribution is 2.50. The molecule has 5 N–H and O–H groups in total. The van der Waals surface area contributed by atoms with Gasteiger partial charge in [0.05, 0.1) is 27.7 Å². The summed E-state index contributed by atoms with van der Waals surface area (Å²) in [5.74, 6) is -1.45. The number of benzene rings is 3. The minimum Gasteiger partial charge on any atom is -0.462 e. The summed E-state index contributed by atoms with van der Waals surface area (Å²) in [6.45, 7) is 2.27. The second kappa shape index (κ2) is 7.41. The number of ether oxygens (including phenoxy) is 1. The lowest BCUT2D eigenvalue weighted by molar-refractivity contribution is -0.154. The zero-order valence-electron chi connectivity index (χ0n) is 20.2. The van der Waals surface area contributed by atoms with E-state index in [1.165, 1.54) is 0 Å². The van der Waals surface area contributed by atoms with Crippen LogP contribution in [0.1, 0.15) is 46.5 Å². The van der Waals surface area contributed by atoms with Crippen LogP contribution in [-0.4, -0.2) is 40.1 Å². The van der Waals surface area contributed by atoms with Crippen molar-refractivity contribution in [1.29, 1.82) is 0 Å². The number of nitrogens with two attached hydrogens (primary N) is 2. The molecule has 0 saturated heterocycles. The van der Waals surface area contributed by atoms with Crippen LogP contribution in [0.3, 0.4) is 0 Å². The summed E-state index contributed by atoms with van der Waals surface area (Å²) in [4.78, 5) is 40.3. The van der Waals surface area contributed by atoms with Crippen molar-refractivity contribution in [2.75, 3.05) is 13.2 Å². The third-order valence-corrected chi connectivity index (χ3v) is 7.93. The zero-order valence-corrected chi connectivity index (χ0v) is 20.2. The van der Waals surface area contributed by atoms with Gasteiger partial charge in [-0.25, -0.2) is 4.79 Å². The van der Waals surface area contributed by atoms with Crippen LogP contribution in [0.25, 0.3) is 43.6 Å². The van der Waals surface area contributed by atoms with Gasteiger partial charge in [0.25, 0.3) is 11.8 Å². The predicted molar refractivity (Wildman–Crippen MR) is 140 cm³/mol. The summed E-state index contributed by atoms with van der Waals surface area (Å²) in [6.07, 6.45) is 0.942. The van der Waals surface area contributed by atoms with Crippen molar-refractivity contribution < 1.29 is 19.1 Å². The summed E-state index contributed by atoms with van der Waals surface area (Å²) in [6, 6.07) is 15.2. The van der Waals surface area contributed by atoms with Gasteiger partial charge in [0.15, 0.2) is 5.66 Å². The zero-order chi connectivity index (χ0) is 25.6. The maximum absolute atomic E-state index is 13.7. The Balaban J connectivity index is 1.81. The van der Waals surface area contributed by atoms with E-state index in [1.807, 2.05) is 53.1 Å². The van der Waals surface area contributed by atoms with Gasteiger partial charge in [0.1, 0.15) is 6.61 Å². The molecule has 9 nitrogen and oxygen atoms in total. The molecule has 4 heterocycles. The van der Waals surface area contributed by atoms with E-state index in [-0.39, 0.29) is 25.6 Å². The highest BCUT2D eigenvalue weighted by molar-refractivity contribution is 6.39. The highest BCUT2D eigenvalue weighted by atomic mass is 16.5. The molecule has 186 valence electrons. The van der Waals surface area contributed by atoms with Gasteiger partial charge in [0, 0.05) is 46.1 Å². The maximum Gasteiger partial charge on any atom is 0.347 e. The van der Waals surface area contributed by atoms with E-state index < -0.39 is 23.4 Å². The van der Waals surface area contributed by atoms with Crippen LogP contribution >= 0.6 is 0 Å². The number of carbonyl (C=O) groups excluding carboxylic acids is 3. The minimum absolute atomic E-state index is 0.0443. The normalized spacial score (nSPS) is 20.8. The number of esters is 1. The fourth-order valence-corrected chi connectivity index (χ4v) is 6.51. The lowest BCUT2D eigenvalue weighted by Gasteiger charge is -2.32. The molecule has 0 spiro atoms. The SMILES string of the molecule is CC[C@H]1CC(N)(C(=O)OCCN)n2c3ccccc3c3c4c(c5c6ccccc6n1c5c32)C(=O)NC4=O. The number of amides is 2. The Morgan fingerprint density at radius 1 is 1.00 bits per heavy atom. The van der Waals surface area contributed by atoms with Gasteiger partial charge in [-0.1, -0.05) is 43.3 Å². The van der Waals surface area contributed by atoms with Crippen LogP contribution in [0.2, 0.25) is 0 Å². The summed E-state index contributed by atoms with van der Waals surface area (Å²) in [5, 5.41) is 5.45. The quantitative estimate of drug-likeness (QED) is 0.259. The largest absolute Gasteiger partial charge is 0.462 e. The van der Waals surface area contributed by atoms with E-state index in [0.29, 0.717) is 39.4 Å². The Bertz CT molecular complexity index is 1850. The molecule has 3 aromatic carbocycles. The molecule has 0 fully saturated rings. The number of nitrogens with zero attached hydrogens (tertiary/aromatic N) is 2. The Morgan fingerprint density at radius 3 is 2.24 bits per heavy atom. The van der Waals surface area contributed by atoms with E-state index in [0.717, 1.165) is 21.8 Å². The second-order valence-corrected chi connectivity index (χ2v) is 9.84. The lowest BCUT2D eigenvalue weighted by Crippen LogP contribution is -2.52. The molecule has 2 amide bonds. The van der Waals surface area contributed by atoms with Crippen LogP contribution in [0.4, 0.5) is 0 Å². The molecule has 0 aliphatic carbocycles. The summed E-state index contributed by atoms with van der Waals surface area (Å²) >= 11 is 0. The molecular weight excluding hydrogens is 470 g/mol. The van der Waals surface area contributed by atoms with Crippen LogP contribution in [0.15, 0.2) is 48.5 Å². The predicted octanol–water partition coefficient (Wildman–Crippen LogP) is 3.25. The minimum atomic E-state index is -1.57. The summed E-state index contributed by atoms with van der Waals surface area (Å²) in [5.41, 5.74) is 14.9. The first kappa shape index (κ1) is 22.0. The molecule has 0 radical (unpaired) electrons. The molecule has 0 saturated carbocycles. The van der Waals surface area contributed by atoms with E-state index in [9.17, 15) is 14.4 Å². The number of hydrogen-bond acceptors (Lipinski definition) is 6. The van der Waals surface area contributed by atoms with Gasteiger partial charge >= 0.3 is 5.97 Å². The average Bonchev–Trinajstić information content (AvgIpc) is 3.50. The number of imide groups is 1.